The lowest BCUT2D eigenvalue weighted by atomic mass is 9.93. The molecule has 2 atom stereocenters. The molecule has 2 aromatic carbocycles. The van der Waals surface area contributed by atoms with E-state index in [-0.39, 0.29) is 35.9 Å². The first-order valence-corrected chi connectivity index (χ1v) is 11.6. The fourth-order valence-electron chi connectivity index (χ4n) is 4.39. The molecule has 1 aromatic heterocycles. The first kappa shape index (κ1) is 21.3. The third-order valence-corrected chi connectivity index (χ3v) is 6.69. The summed E-state index contributed by atoms with van der Waals surface area (Å²) in [5.74, 6) is 0.904. The summed E-state index contributed by atoms with van der Waals surface area (Å²) in [5, 5.41) is 15.2. The van der Waals surface area contributed by atoms with E-state index in [0.717, 1.165) is 11.1 Å². The van der Waals surface area contributed by atoms with Crippen molar-refractivity contribution in [2.75, 3.05) is 20.2 Å². The van der Waals surface area contributed by atoms with Gasteiger partial charge in [0.15, 0.2) is 23.0 Å². The van der Waals surface area contributed by atoms with Crippen LogP contribution < -0.4 is 14.8 Å². The highest BCUT2D eigenvalue weighted by Crippen LogP contribution is 2.40. The molecule has 3 heterocycles. The van der Waals surface area contributed by atoms with Gasteiger partial charge >= 0.3 is 0 Å². The number of hydrogen-bond acceptors (Lipinski definition) is 7. The number of benzene rings is 2. The topological polar surface area (TPSA) is 101 Å². The second-order valence-corrected chi connectivity index (χ2v) is 8.90. The summed E-state index contributed by atoms with van der Waals surface area (Å²) >= 11 is 1.37. The molecule has 0 spiro atoms. The molecule has 2 amide bonds. The molecular formula is C24H23N3O5S. The summed E-state index contributed by atoms with van der Waals surface area (Å²) in [6.45, 7) is 0.829. The van der Waals surface area contributed by atoms with Gasteiger partial charge in [-0.2, -0.15) is 0 Å². The van der Waals surface area contributed by atoms with Crippen LogP contribution >= 0.6 is 11.3 Å². The number of methoxy groups -OCH3 is 1. The van der Waals surface area contributed by atoms with Crippen LogP contribution in [0.25, 0.3) is 0 Å². The monoisotopic (exact) mass is 465 g/mol. The average Bonchev–Trinajstić information content (AvgIpc) is 3.49. The van der Waals surface area contributed by atoms with Gasteiger partial charge in [-0.25, -0.2) is 4.98 Å². The highest BCUT2D eigenvalue weighted by Gasteiger charge is 2.38. The lowest BCUT2D eigenvalue weighted by Gasteiger charge is -2.21. The summed E-state index contributed by atoms with van der Waals surface area (Å²) in [6.07, 6.45) is 0.782. The molecule has 1 saturated heterocycles. The third-order valence-electron chi connectivity index (χ3n) is 6.11. The molecule has 8 nitrogen and oxygen atoms in total. The standard InChI is InChI=1S/C24H23N3O5S/c1-31-20-6-4-15-9-22(20)32-21-8-14(2-5-19(21)28)3-7-23(29)26-17-11-27(10-16(15)17)24(30)18-12-33-13-25-18/h2,4-6,8-9,12-13,16-17,28H,3,7,10-11H2,1H3,(H,26,29)/t16-,17+/m0/s1. The summed E-state index contributed by atoms with van der Waals surface area (Å²) in [5.41, 5.74) is 3.82. The van der Waals surface area contributed by atoms with E-state index in [2.05, 4.69) is 10.3 Å². The van der Waals surface area contributed by atoms with Gasteiger partial charge in [-0.15, -0.1) is 11.3 Å². The molecule has 0 unspecified atom stereocenters. The molecule has 9 heteroatoms. The van der Waals surface area contributed by atoms with Gasteiger partial charge in [0.1, 0.15) is 5.69 Å². The number of carbonyl (C=O) groups excluding carboxylic acids is 2. The predicted octanol–water partition coefficient (Wildman–Crippen LogP) is 3.32. The van der Waals surface area contributed by atoms with Gasteiger partial charge in [0.05, 0.1) is 18.7 Å². The number of rotatable bonds is 2. The summed E-state index contributed by atoms with van der Waals surface area (Å²) in [4.78, 5) is 31.6. The van der Waals surface area contributed by atoms with Gasteiger partial charge in [0.25, 0.3) is 5.91 Å². The van der Waals surface area contributed by atoms with E-state index in [1.54, 1.807) is 47.2 Å². The zero-order valence-corrected chi connectivity index (χ0v) is 18.8. The number of carbonyl (C=O) groups is 2. The normalized spacial score (nSPS) is 19.9. The Morgan fingerprint density at radius 3 is 2.88 bits per heavy atom. The number of aromatic hydroxyl groups is 1. The van der Waals surface area contributed by atoms with Gasteiger partial charge < -0.3 is 24.8 Å². The van der Waals surface area contributed by atoms with Crippen molar-refractivity contribution in [1.82, 2.24) is 15.2 Å². The number of ether oxygens (including phenoxy) is 2. The van der Waals surface area contributed by atoms with E-state index in [0.29, 0.717) is 42.5 Å². The van der Waals surface area contributed by atoms with Crippen LogP contribution in [0.1, 0.15) is 34.0 Å². The van der Waals surface area contributed by atoms with Crippen LogP contribution in [0.15, 0.2) is 47.3 Å². The first-order chi connectivity index (χ1) is 16.0. The largest absolute Gasteiger partial charge is 0.504 e. The van der Waals surface area contributed by atoms with Crippen LogP contribution in [-0.4, -0.2) is 53.0 Å². The summed E-state index contributed by atoms with van der Waals surface area (Å²) in [6, 6.07) is 10.4. The molecule has 0 radical (unpaired) electrons. The number of aryl methyl sites for hydroxylation is 1. The van der Waals surface area contributed by atoms with Gasteiger partial charge in [-0.3, -0.25) is 9.59 Å². The maximum absolute atomic E-state index is 13.0. The summed E-state index contributed by atoms with van der Waals surface area (Å²) in [7, 11) is 1.55. The number of hydrogen-bond donors (Lipinski definition) is 2. The second kappa shape index (κ2) is 8.74. The van der Waals surface area contributed by atoms with E-state index < -0.39 is 0 Å². The lowest BCUT2D eigenvalue weighted by Crippen LogP contribution is -2.40. The second-order valence-electron chi connectivity index (χ2n) is 8.18. The molecule has 2 aliphatic rings. The van der Waals surface area contributed by atoms with Gasteiger partial charge in [-0.1, -0.05) is 12.1 Å². The zero-order chi connectivity index (χ0) is 22.9. The Bertz CT molecular complexity index is 1200. The third kappa shape index (κ3) is 4.23. The predicted molar refractivity (Wildman–Crippen MR) is 122 cm³/mol. The number of nitrogens with zero attached hydrogens (tertiary/aromatic N) is 2. The molecule has 33 heavy (non-hydrogen) atoms. The molecule has 0 saturated carbocycles. The highest BCUT2D eigenvalue weighted by molar-refractivity contribution is 7.07. The lowest BCUT2D eigenvalue weighted by molar-refractivity contribution is -0.121. The SMILES string of the molecule is COc1ccc2cc1Oc1cc(ccc1O)CCC(=O)N[C@@H]1CN(C(=O)c3cscn3)C[C@@H]21. The molecule has 2 N–H and O–H groups in total. The van der Waals surface area contributed by atoms with Crippen molar-refractivity contribution in [3.8, 4) is 23.0 Å². The molecule has 0 aliphatic carbocycles. The van der Waals surface area contributed by atoms with Crippen molar-refractivity contribution in [2.24, 2.45) is 0 Å². The molecule has 1 fully saturated rings. The van der Waals surface area contributed by atoms with Gasteiger partial charge in [-0.05, 0) is 41.8 Å². The summed E-state index contributed by atoms with van der Waals surface area (Å²) < 4.78 is 11.5. The van der Waals surface area contributed by atoms with Crippen LogP contribution in [0, 0.1) is 0 Å². The zero-order valence-electron chi connectivity index (χ0n) is 18.0. The number of phenols is 1. The average molecular weight is 466 g/mol. The Hall–Kier alpha value is -3.59. The van der Waals surface area contributed by atoms with Gasteiger partial charge in [0, 0.05) is 30.8 Å². The minimum Gasteiger partial charge on any atom is -0.504 e. The Balaban J connectivity index is 1.54. The Morgan fingerprint density at radius 2 is 2.09 bits per heavy atom. The van der Waals surface area contributed by atoms with Gasteiger partial charge in [0.2, 0.25) is 5.91 Å². The quantitative estimate of drug-likeness (QED) is 0.602. The van der Waals surface area contributed by atoms with Crippen LogP contribution in [-0.2, 0) is 11.2 Å². The number of nitrogens with one attached hydrogen (secondary N) is 1. The van der Waals surface area contributed by atoms with E-state index in [1.807, 2.05) is 12.1 Å². The number of fused-ring (bicyclic) bond motifs is 6. The van der Waals surface area contributed by atoms with Crippen molar-refractivity contribution in [3.63, 3.8) is 0 Å². The Kier molecular flexibility index (Phi) is 5.63. The van der Waals surface area contributed by atoms with E-state index >= 15 is 0 Å². The maximum atomic E-state index is 13.0. The van der Waals surface area contributed by atoms with Crippen LogP contribution in [0.4, 0.5) is 0 Å². The van der Waals surface area contributed by atoms with E-state index in [1.165, 1.54) is 11.3 Å². The number of amides is 2. The number of thiazole rings is 1. The molecule has 3 aromatic rings. The minimum atomic E-state index is -0.251. The Labute approximate surface area is 194 Å². The van der Waals surface area contributed by atoms with Crippen LogP contribution in [0.3, 0.4) is 0 Å². The fraction of sp³-hybridized carbons (Fsp3) is 0.292. The minimum absolute atomic E-state index is 0.00399. The van der Waals surface area contributed by atoms with E-state index in [9.17, 15) is 14.7 Å². The number of aromatic nitrogens is 1. The molecule has 2 aliphatic heterocycles. The van der Waals surface area contributed by atoms with Crippen LogP contribution in [0.5, 0.6) is 23.0 Å². The molecule has 4 bridgehead atoms. The van der Waals surface area contributed by atoms with Crippen molar-refractivity contribution >= 4 is 23.2 Å². The molecule has 170 valence electrons. The Morgan fingerprint density at radius 1 is 1.21 bits per heavy atom. The maximum Gasteiger partial charge on any atom is 0.273 e. The van der Waals surface area contributed by atoms with Crippen molar-refractivity contribution in [2.45, 2.75) is 24.8 Å². The number of phenolic OH excluding ortho intramolecular Hbond substituents is 1. The molecule has 5 rings (SSSR count). The molecular weight excluding hydrogens is 442 g/mol. The fourth-order valence-corrected chi connectivity index (χ4v) is 4.91. The van der Waals surface area contributed by atoms with Crippen molar-refractivity contribution in [3.05, 3.63) is 64.1 Å². The number of likely N-dealkylation sites (tertiary alicyclic amines) is 1. The van der Waals surface area contributed by atoms with E-state index in [4.69, 9.17) is 9.47 Å². The van der Waals surface area contributed by atoms with Crippen molar-refractivity contribution in [1.29, 1.82) is 0 Å². The first-order valence-electron chi connectivity index (χ1n) is 10.7. The van der Waals surface area contributed by atoms with Crippen molar-refractivity contribution < 1.29 is 24.2 Å². The smallest absolute Gasteiger partial charge is 0.273 e. The van der Waals surface area contributed by atoms with Crippen LogP contribution in [0.2, 0.25) is 0 Å². The highest BCUT2D eigenvalue weighted by atomic mass is 32.1.